The van der Waals surface area contributed by atoms with Crippen molar-refractivity contribution < 1.29 is 4.74 Å². The number of hydrogen-bond acceptors (Lipinski definition) is 3. The number of rotatable bonds is 4. The average Bonchev–Trinajstić information content (AvgIpc) is 2.22. The highest BCUT2D eigenvalue weighted by Gasteiger charge is 2.07. The number of nitrogens with zero attached hydrogens (tertiary/aromatic N) is 1. The fourth-order valence-corrected chi connectivity index (χ4v) is 1.49. The molecule has 0 amide bonds. The highest BCUT2D eigenvalue weighted by molar-refractivity contribution is 6.37. The van der Waals surface area contributed by atoms with E-state index in [4.69, 9.17) is 44.9 Å². The van der Waals surface area contributed by atoms with Crippen molar-refractivity contribution in [3.8, 4) is 5.75 Å². The molecule has 0 aliphatic rings. The molecule has 1 rings (SSSR count). The molecule has 5 N–H and O–H groups in total. The van der Waals surface area contributed by atoms with E-state index in [1.165, 1.54) is 0 Å². The molecule has 16 heavy (non-hydrogen) atoms. The Morgan fingerprint density at radius 1 is 1.38 bits per heavy atom. The molecular formula is C9H12Cl2N4O. The fraction of sp³-hybridized carbons (Fsp3) is 0.222. The molecule has 0 aliphatic heterocycles. The maximum absolute atomic E-state index is 7.04. The quantitative estimate of drug-likeness (QED) is 0.332. The second-order valence-electron chi connectivity index (χ2n) is 2.98. The van der Waals surface area contributed by atoms with Crippen molar-refractivity contribution in [3.63, 3.8) is 0 Å². The van der Waals surface area contributed by atoms with Gasteiger partial charge in [-0.25, -0.2) is 5.84 Å². The van der Waals surface area contributed by atoms with Crippen LogP contribution in [0.5, 0.6) is 5.75 Å². The van der Waals surface area contributed by atoms with Crippen molar-refractivity contribution in [2.75, 3.05) is 13.2 Å². The molecule has 1 aromatic rings. The van der Waals surface area contributed by atoms with Crippen LogP contribution in [-0.4, -0.2) is 24.1 Å². The summed E-state index contributed by atoms with van der Waals surface area (Å²) in [5.41, 5.74) is 5.15. The van der Waals surface area contributed by atoms with E-state index in [0.717, 1.165) is 5.01 Å². The minimum absolute atomic E-state index is 0.228. The lowest BCUT2D eigenvalue weighted by Gasteiger charge is -2.16. The predicted molar refractivity (Wildman–Crippen MR) is 64.8 cm³/mol. The zero-order valence-electron chi connectivity index (χ0n) is 8.41. The molecule has 0 spiro atoms. The molecule has 0 saturated heterocycles. The van der Waals surface area contributed by atoms with Crippen LogP contribution in [0.3, 0.4) is 0 Å². The lowest BCUT2D eigenvalue weighted by molar-refractivity contribution is 0.269. The summed E-state index contributed by atoms with van der Waals surface area (Å²) in [6.07, 6.45) is 0. The van der Waals surface area contributed by atoms with Crippen LogP contribution in [0.2, 0.25) is 10.0 Å². The van der Waals surface area contributed by atoms with E-state index in [0.29, 0.717) is 15.8 Å². The Balaban J connectivity index is 2.52. The summed E-state index contributed by atoms with van der Waals surface area (Å²) in [6.45, 7) is 0.510. The number of benzene rings is 1. The third kappa shape index (κ3) is 3.44. The number of para-hydroxylation sites is 1. The average molecular weight is 263 g/mol. The van der Waals surface area contributed by atoms with Gasteiger partial charge < -0.3 is 10.5 Å². The molecule has 1 aromatic carbocycles. The van der Waals surface area contributed by atoms with Crippen LogP contribution in [-0.2, 0) is 0 Å². The third-order valence-corrected chi connectivity index (χ3v) is 2.40. The molecule has 0 fully saturated rings. The normalized spacial score (nSPS) is 9.94. The Hall–Kier alpha value is -1.17. The zero-order chi connectivity index (χ0) is 12.1. The van der Waals surface area contributed by atoms with E-state index in [9.17, 15) is 0 Å². The minimum Gasteiger partial charge on any atom is -0.489 e. The van der Waals surface area contributed by atoms with E-state index in [1.54, 1.807) is 18.2 Å². The lowest BCUT2D eigenvalue weighted by Crippen LogP contribution is -2.44. The van der Waals surface area contributed by atoms with Crippen LogP contribution < -0.4 is 16.3 Å². The highest BCUT2D eigenvalue weighted by atomic mass is 35.5. The molecule has 0 aromatic heterocycles. The zero-order valence-corrected chi connectivity index (χ0v) is 9.92. The van der Waals surface area contributed by atoms with Gasteiger partial charge in [-0.3, -0.25) is 10.4 Å². The van der Waals surface area contributed by atoms with Crippen LogP contribution in [0.1, 0.15) is 0 Å². The Labute approximate surface area is 103 Å². The van der Waals surface area contributed by atoms with Crippen molar-refractivity contribution in [1.82, 2.24) is 5.01 Å². The summed E-state index contributed by atoms with van der Waals surface area (Å²) in [5, 5.41) is 8.96. The van der Waals surface area contributed by atoms with Gasteiger partial charge >= 0.3 is 0 Å². The number of hydrogen-bond donors (Lipinski definition) is 3. The van der Waals surface area contributed by atoms with Gasteiger partial charge in [-0.2, -0.15) is 0 Å². The van der Waals surface area contributed by atoms with Gasteiger partial charge in [-0.1, -0.05) is 29.3 Å². The molecule has 0 saturated carbocycles. The van der Waals surface area contributed by atoms with E-state index in [1.807, 2.05) is 0 Å². The molecule has 0 bridgehead atoms. The summed E-state index contributed by atoms with van der Waals surface area (Å²) in [6, 6.07) is 5.07. The van der Waals surface area contributed by atoms with Crippen LogP contribution in [0.4, 0.5) is 0 Å². The van der Waals surface area contributed by atoms with Crippen molar-refractivity contribution in [2.24, 2.45) is 11.6 Å². The van der Waals surface area contributed by atoms with E-state index >= 15 is 0 Å². The smallest absolute Gasteiger partial charge is 0.202 e. The molecule has 0 aliphatic carbocycles. The van der Waals surface area contributed by atoms with Crippen molar-refractivity contribution >= 4 is 29.2 Å². The second-order valence-corrected chi connectivity index (χ2v) is 3.79. The van der Waals surface area contributed by atoms with Gasteiger partial charge in [0.2, 0.25) is 5.96 Å². The maximum Gasteiger partial charge on any atom is 0.202 e. The number of nitrogens with one attached hydrogen (secondary N) is 1. The molecular weight excluding hydrogens is 251 g/mol. The predicted octanol–water partition coefficient (Wildman–Crippen LogP) is 1.44. The first-order valence-corrected chi connectivity index (χ1v) is 5.21. The fourth-order valence-electron chi connectivity index (χ4n) is 0.987. The van der Waals surface area contributed by atoms with Gasteiger partial charge in [0.05, 0.1) is 16.6 Å². The van der Waals surface area contributed by atoms with Crippen molar-refractivity contribution in [2.45, 2.75) is 0 Å². The summed E-state index contributed by atoms with van der Waals surface area (Å²) in [7, 11) is 0. The molecule has 5 nitrogen and oxygen atoms in total. The highest BCUT2D eigenvalue weighted by Crippen LogP contribution is 2.32. The molecule has 7 heteroatoms. The molecule has 0 unspecified atom stereocenters. The summed E-state index contributed by atoms with van der Waals surface area (Å²) in [5.74, 6) is 5.57. The standard InChI is InChI=1S/C9H12Cl2N4O/c10-6-2-1-3-7(11)8(6)16-5-4-15(14)9(12)13/h1-3H,4-5,14H2,(H3,12,13). The first kappa shape index (κ1) is 12.9. The maximum atomic E-state index is 7.04. The van der Waals surface area contributed by atoms with Crippen LogP contribution in [0.25, 0.3) is 0 Å². The third-order valence-electron chi connectivity index (χ3n) is 1.81. The Morgan fingerprint density at radius 3 is 2.44 bits per heavy atom. The van der Waals surface area contributed by atoms with Gasteiger partial charge in [-0.15, -0.1) is 0 Å². The SMILES string of the molecule is N=C(N)N(N)CCOc1c(Cl)cccc1Cl. The number of nitrogens with two attached hydrogens (primary N) is 2. The van der Waals surface area contributed by atoms with Crippen molar-refractivity contribution in [3.05, 3.63) is 28.2 Å². The number of guanidine groups is 1. The van der Waals surface area contributed by atoms with Gasteiger partial charge in [0, 0.05) is 0 Å². The molecule has 88 valence electrons. The van der Waals surface area contributed by atoms with Crippen LogP contribution >= 0.6 is 23.2 Å². The van der Waals surface area contributed by atoms with E-state index in [-0.39, 0.29) is 19.1 Å². The number of halogens is 2. The number of hydrazine groups is 1. The molecule has 0 radical (unpaired) electrons. The van der Waals surface area contributed by atoms with Gasteiger partial charge in [0.1, 0.15) is 6.61 Å². The first-order valence-electron chi connectivity index (χ1n) is 4.45. The van der Waals surface area contributed by atoms with Crippen molar-refractivity contribution in [1.29, 1.82) is 5.41 Å². The minimum atomic E-state index is -0.228. The Morgan fingerprint density at radius 2 is 1.94 bits per heavy atom. The van der Waals surface area contributed by atoms with Crippen LogP contribution in [0.15, 0.2) is 18.2 Å². The number of ether oxygens (including phenoxy) is 1. The van der Waals surface area contributed by atoms with E-state index < -0.39 is 0 Å². The summed E-state index contributed by atoms with van der Waals surface area (Å²) >= 11 is 11.8. The second kappa shape index (κ2) is 5.79. The first-order chi connectivity index (χ1) is 7.52. The monoisotopic (exact) mass is 262 g/mol. The van der Waals surface area contributed by atoms with Crippen LogP contribution in [0, 0.1) is 5.41 Å². The molecule has 0 heterocycles. The van der Waals surface area contributed by atoms with Gasteiger partial charge in [0.15, 0.2) is 5.75 Å². The lowest BCUT2D eigenvalue weighted by atomic mass is 10.3. The van der Waals surface area contributed by atoms with Gasteiger partial charge in [-0.05, 0) is 12.1 Å². The van der Waals surface area contributed by atoms with Gasteiger partial charge in [0.25, 0.3) is 0 Å². The summed E-state index contributed by atoms with van der Waals surface area (Å²) in [4.78, 5) is 0. The topological polar surface area (TPSA) is 88.4 Å². The largest absolute Gasteiger partial charge is 0.489 e. The Kier molecular flexibility index (Phi) is 4.67. The Bertz CT molecular complexity index is 366. The van der Waals surface area contributed by atoms with E-state index in [2.05, 4.69) is 0 Å². The molecule has 0 atom stereocenters. The summed E-state index contributed by atoms with van der Waals surface area (Å²) < 4.78 is 5.35.